The van der Waals surface area contributed by atoms with Gasteiger partial charge in [-0.05, 0) is 31.4 Å². The number of hydrogen-bond acceptors (Lipinski definition) is 1. The second-order valence-corrected chi connectivity index (χ2v) is 5.69. The van der Waals surface area contributed by atoms with Crippen molar-refractivity contribution in [2.24, 2.45) is 0 Å². The summed E-state index contributed by atoms with van der Waals surface area (Å²) >= 11 is 5.58. The molecule has 0 aliphatic rings. The Balaban J connectivity index is 3.07. The summed E-state index contributed by atoms with van der Waals surface area (Å²) in [5.74, 6) is 0.729. The molecule has 0 heterocycles. The number of alkyl halides is 1. The van der Waals surface area contributed by atoms with E-state index < -0.39 is 0 Å². The molecular weight excluding hydrogens is 268 g/mol. The minimum Gasteiger partial charge on any atom is -0.377 e. The van der Waals surface area contributed by atoms with E-state index in [-0.39, 0.29) is 0 Å². The summed E-state index contributed by atoms with van der Waals surface area (Å²) in [7, 11) is 0. The Kier molecular flexibility index (Phi) is 18.6. The second-order valence-electron chi connectivity index (χ2n) is 5.31. The quantitative estimate of drug-likeness (QED) is 0.197. The van der Waals surface area contributed by atoms with Gasteiger partial charge < -0.3 is 4.74 Å². The van der Waals surface area contributed by atoms with Gasteiger partial charge in [0.05, 0.1) is 6.61 Å². The molecule has 0 atom stereocenters. The Hall–Kier alpha value is -0.230. The maximum atomic E-state index is 5.58. The van der Waals surface area contributed by atoms with Crippen LogP contribution in [0.2, 0.25) is 0 Å². The van der Waals surface area contributed by atoms with Gasteiger partial charge in [-0.25, -0.2) is 0 Å². The van der Waals surface area contributed by atoms with Gasteiger partial charge in [-0.2, -0.15) is 0 Å². The Bertz CT molecular complexity index is 232. The van der Waals surface area contributed by atoms with Gasteiger partial charge in [-0.1, -0.05) is 58.3 Å². The molecule has 0 aliphatic carbocycles. The zero-order valence-electron chi connectivity index (χ0n) is 13.3. The van der Waals surface area contributed by atoms with Crippen LogP contribution in [0.4, 0.5) is 0 Å². The fourth-order valence-corrected chi connectivity index (χ4v) is 2.21. The zero-order chi connectivity index (χ0) is 14.7. The molecule has 0 amide bonds. The molecule has 0 aromatic rings. The minimum atomic E-state index is 0.689. The van der Waals surface area contributed by atoms with Crippen molar-refractivity contribution >= 4 is 11.6 Å². The monoisotopic (exact) mass is 300 g/mol. The summed E-state index contributed by atoms with van der Waals surface area (Å²) in [6.07, 6.45) is 18.3. The zero-order valence-corrected chi connectivity index (χ0v) is 14.1. The fourth-order valence-electron chi connectivity index (χ4n) is 2.05. The molecule has 0 spiro atoms. The minimum absolute atomic E-state index is 0.689. The Morgan fingerprint density at radius 3 is 2.15 bits per heavy atom. The van der Waals surface area contributed by atoms with Crippen molar-refractivity contribution in [3.63, 3.8) is 0 Å². The van der Waals surface area contributed by atoms with Gasteiger partial charge in [0.25, 0.3) is 0 Å². The fraction of sp³-hybridized carbons (Fsp3) is 0.833. The maximum Gasteiger partial charge on any atom is 0.0721 e. The SMILES string of the molecule is CCCCCCCCCCCOCC=C=CCCCCl. The van der Waals surface area contributed by atoms with Gasteiger partial charge in [0, 0.05) is 12.5 Å². The van der Waals surface area contributed by atoms with E-state index in [1.807, 2.05) is 12.2 Å². The van der Waals surface area contributed by atoms with E-state index in [4.69, 9.17) is 16.3 Å². The van der Waals surface area contributed by atoms with Gasteiger partial charge in [0.15, 0.2) is 0 Å². The first-order valence-corrected chi connectivity index (χ1v) is 8.98. The van der Waals surface area contributed by atoms with Crippen LogP contribution < -0.4 is 0 Å². The third-order valence-corrected chi connectivity index (χ3v) is 3.58. The number of halogens is 1. The first-order valence-electron chi connectivity index (χ1n) is 8.45. The Morgan fingerprint density at radius 1 is 0.850 bits per heavy atom. The lowest BCUT2D eigenvalue weighted by atomic mass is 10.1. The third-order valence-electron chi connectivity index (χ3n) is 3.31. The van der Waals surface area contributed by atoms with Crippen LogP contribution in [0.25, 0.3) is 0 Å². The summed E-state index contributed by atoms with van der Waals surface area (Å²) in [6, 6.07) is 0. The first kappa shape index (κ1) is 19.8. The Labute approximate surface area is 131 Å². The lowest BCUT2D eigenvalue weighted by Crippen LogP contribution is -1.94. The molecule has 0 saturated carbocycles. The average molecular weight is 301 g/mol. The van der Waals surface area contributed by atoms with Gasteiger partial charge >= 0.3 is 0 Å². The van der Waals surface area contributed by atoms with Crippen molar-refractivity contribution in [2.75, 3.05) is 19.1 Å². The molecule has 118 valence electrons. The van der Waals surface area contributed by atoms with Crippen LogP contribution in [-0.2, 0) is 4.74 Å². The molecular formula is C18H33ClO. The van der Waals surface area contributed by atoms with Gasteiger partial charge in [0.1, 0.15) is 0 Å². The highest BCUT2D eigenvalue weighted by molar-refractivity contribution is 6.17. The molecule has 0 fully saturated rings. The highest BCUT2D eigenvalue weighted by Crippen LogP contribution is 2.09. The molecule has 0 bridgehead atoms. The van der Waals surface area contributed by atoms with E-state index in [0.29, 0.717) is 6.61 Å². The summed E-state index contributed by atoms with van der Waals surface area (Å²) in [4.78, 5) is 0. The van der Waals surface area contributed by atoms with Crippen molar-refractivity contribution in [1.29, 1.82) is 0 Å². The smallest absolute Gasteiger partial charge is 0.0721 e. The standard InChI is InChI=1S/C18H33ClO/c1-2-3-4-5-6-7-8-11-14-17-20-18-15-12-9-10-13-16-19/h9,15H,2-8,10-11,13-14,16-18H2,1H3. The van der Waals surface area contributed by atoms with Crippen LogP contribution >= 0.6 is 11.6 Å². The van der Waals surface area contributed by atoms with Crippen molar-refractivity contribution in [1.82, 2.24) is 0 Å². The molecule has 0 aromatic carbocycles. The Morgan fingerprint density at radius 2 is 1.50 bits per heavy atom. The van der Waals surface area contributed by atoms with Crippen LogP contribution in [0.1, 0.15) is 77.6 Å². The van der Waals surface area contributed by atoms with Gasteiger partial charge in [-0.3, -0.25) is 0 Å². The normalized spacial score (nSPS) is 10.3. The molecule has 0 aliphatic heterocycles. The summed E-state index contributed by atoms with van der Waals surface area (Å²) in [5, 5.41) is 0. The predicted molar refractivity (Wildman–Crippen MR) is 90.7 cm³/mol. The first-order chi connectivity index (χ1) is 9.91. The van der Waals surface area contributed by atoms with E-state index in [1.54, 1.807) is 0 Å². The van der Waals surface area contributed by atoms with Crippen LogP contribution in [0.3, 0.4) is 0 Å². The summed E-state index contributed by atoms with van der Waals surface area (Å²) < 4.78 is 5.54. The van der Waals surface area contributed by atoms with Crippen LogP contribution in [0, 0.1) is 0 Å². The van der Waals surface area contributed by atoms with Crippen LogP contribution in [0.5, 0.6) is 0 Å². The largest absolute Gasteiger partial charge is 0.377 e. The number of hydrogen-bond donors (Lipinski definition) is 0. The number of unbranched alkanes of at least 4 members (excludes halogenated alkanes) is 9. The molecule has 0 rings (SSSR count). The lowest BCUT2D eigenvalue weighted by molar-refractivity contribution is 0.157. The highest BCUT2D eigenvalue weighted by Gasteiger charge is 1.92. The third kappa shape index (κ3) is 17.8. The van der Waals surface area contributed by atoms with E-state index in [1.165, 1.54) is 57.8 Å². The van der Waals surface area contributed by atoms with Gasteiger partial charge in [0.2, 0.25) is 0 Å². The molecule has 0 N–H and O–H groups in total. The van der Waals surface area contributed by atoms with Crippen LogP contribution in [0.15, 0.2) is 17.9 Å². The number of rotatable bonds is 15. The second kappa shape index (κ2) is 18.8. The molecule has 0 radical (unpaired) electrons. The van der Waals surface area contributed by atoms with E-state index in [0.717, 1.165) is 25.3 Å². The van der Waals surface area contributed by atoms with Gasteiger partial charge in [-0.15, -0.1) is 17.3 Å². The highest BCUT2D eigenvalue weighted by atomic mass is 35.5. The molecule has 0 aromatic heterocycles. The van der Waals surface area contributed by atoms with Crippen molar-refractivity contribution in [3.8, 4) is 0 Å². The van der Waals surface area contributed by atoms with E-state index >= 15 is 0 Å². The van der Waals surface area contributed by atoms with E-state index in [2.05, 4.69) is 12.7 Å². The lowest BCUT2D eigenvalue weighted by Gasteiger charge is -2.02. The topological polar surface area (TPSA) is 9.23 Å². The molecule has 0 unspecified atom stereocenters. The van der Waals surface area contributed by atoms with Crippen LogP contribution in [-0.4, -0.2) is 19.1 Å². The average Bonchev–Trinajstić information content (AvgIpc) is 2.47. The van der Waals surface area contributed by atoms with Crippen molar-refractivity contribution in [3.05, 3.63) is 17.9 Å². The molecule has 2 heteroatoms. The van der Waals surface area contributed by atoms with Crippen molar-refractivity contribution < 1.29 is 4.74 Å². The molecule has 1 nitrogen and oxygen atoms in total. The molecule has 20 heavy (non-hydrogen) atoms. The summed E-state index contributed by atoms with van der Waals surface area (Å²) in [5.41, 5.74) is 3.12. The van der Waals surface area contributed by atoms with E-state index in [9.17, 15) is 0 Å². The summed E-state index contributed by atoms with van der Waals surface area (Å²) in [6.45, 7) is 3.84. The van der Waals surface area contributed by atoms with Crippen molar-refractivity contribution in [2.45, 2.75) is 77.6 Å². The predicted octanol–water partition coefficient (Wildman–Crippen LogP) is 6.26. The molecule has 0 saturated heterocycles. The maximum absolute atomic E-state index is 5.58. The number of ether oxygens (including phenoxy) is 1.